The molecule has 1 amide bonds. The van der Waals surface area contributed by atoms with Gasteiger partial charge in [-0.25, -0.2) is 0 Å². The van der Waals surface area contributed by atoms with Gasteiger partial charge in [-0.05, 0) is 56.7 Å². The van der Waals surface area contributed by atoms with Crippen molar-refractivity contribution < 1.29 is 14.3 Å². The van der Waals surface area contributed by atoms with Gasteiger partial charge in [-0.15, -0.1) is 10.2 Å². The van der Waals surface area contributed by atoms with Gasteiger partial charge in [0.05, 0.1) is 24.3 Å². The van der Waals surface area contributed by atoms with E-state index in [9.17, 15) is 4.79 Å². The van der Waals surface area contributed by atoms with Crippen LogP contribution < -0.4 is 14.8 Å². The summed E-state index contributed by atoms with van der Waals surface area (Å²) in [5, 5.41) is 11.6. The van der Waals surface area contributed by atoms with Gasteiger partial charge in [-0.3, -0.25) is 9.20 Å². The summed E-state index contributed by atoms with van der Waals surface area (Å²) in [5.41, 5.74) is 1.45. The molecule has 0 saturated heterocycles. The number of benzene rings is 1. The van der Waals surface area contributed by atoms with Crippen molar-refractivity contribution in [2.24, 2.45) is 0 Å². The van der Waals surface area contributed by atoms with E-state index in [0.717, 1.165) is 11.2 Å². The minimum atomic E-state index is -0.315. The summed E-state index contributed by atoms with van der Waals surface area (Å²) in [4.78, 5) is 12.4. The fraction of sp³-hybridized carbons (Fsp3) is 0.286. The summed E-state index contributed by atoms with van der Waals surface area (Å²) >= 11 is 6.32. The maximum atomic E-state index is 12.4. The Kier molecular flexibility index (Phi) is 6.39. The molecule has 3 aromatic rings. The standard InChI is InChI=1S/C21H23ClN4O3/c1-13(2)29-20-16(22)11-15(12-17(20)28-4)8-9-19(27)23-14(3)21-25-24-18-7-5-6-10-26(18)21/h5-14H,1-4H3,(H,23,27)/b9-8+. The Morgan fingerprint density at radius 2 is 2.03 bits per heavy atom. The highest BCUT2D eigenvalue weighted by atomic mass is 35.5. The molecule has 2 aromatic heterocycles. The van der Waals surface area contributed by atoms with E-state index in [4.69, 9.17) is 21.1 Å². The summed E-state index contributed by atoms with van der Waals surface area (Å²) in [5.74, 6) is 1.39. The highest BCUT2D eigenvalue weighted by Gasteiger charge is 2.15. The molecular weight excluding hydrogens is 392 g/mol. The highest BCUT2D eigenvalue weighted by molar-refractivity contribution is 6.32. The van der Waals surface area contributed by atoms with Crippen LogP contribution in [0.25, 0.3) is 11.7 Å². The number of hydrogen-bond donors (Lipinski definition) is 1. The lowest BCUT2D eigenvalue weighted by Gasteiger charge is -2.15. The largest absolute Gasteiger partial charge is 0.493 e. The van der Waals surface area contributed by atoms with Crippen molar-refractivity contribution in [3.8, 4) is 11.5 Å². The van der Waals surface area contributed by atoms with Gasteiger partial charge in [0.15, 0.2) is 23.0 Å². The van der Waals surface area contributed by atoms with Crippen molar-refractivity contribution in [1.29, 1.82) is 0 Å². The summed E-state index contributed by atoms with van der Waals surface area (Å²) in [7, 11) is 1.55. The Labute approximate surface area is 174 Å². The molecular formula is C21H23ClN4O3. The predicted octanol–water partition coefficient (Wildman–Crippen LogP) is 4.07. The van der Waals surface area contributed by atoms with Crippen molar-refractivity contribution in [2.75, 3.05) is 7.11 Å². The molecule has 1 atom stereocenters. The number of carbonyl (C=O) groups excluding carboxylic acids is 1. The molecule has 0 aliphatic rings. The zero-order valence-electron chi connectivity index (χ0n) is 16.7. The molecule has 0 aliphatic carbocycles. The van der Waals surface area contributed by atoms with E-state index >= 15 is 0 Å². The third-order valence-electron chi connectivity index (χ3n) is 4.12. The number of methoxy groups -OCH3 is 1. The number of aromatic nitrogens is 3. The Morgan fingerprint density at radius 3 is 2.76 bits per heavy atom. The molecule has 0 fully saturated rings. The lowest BCUT2D eigenvalue weighted by molar-refractivity contribution is -0.117. The fourth-order valence-corrected chi connectivity index (χ4v) is 3.10. The number of pyridine rings is 1. The normalized spacial score (nSPS) is 12.5. The van der Waals surface area contributed by atoms with Crippen molar-refractivity contribution in [2.45, 2.75) is 32.9 Å². The zero-order valence-corrected chi connectivity index (χ0v) is 17.5. The first-order valence-corrected chi connectivity index (χ1v) is 9.59. The zero-order chi connectivity index (χ0) is 21.0. The molecule has 2 heterocycles. The molecule has 1 unspecified atom stereocenters. The Bertz CT molecular complexity index is 1050. The average molecular weight is 415 g/mol. The van der Waals surface area contributed by atoms with Crippen LogP contribution in [0.15, 0.2) is 42.6 Å². The number of amides is 1. The van der Waals surface area contributed by atoms with Crippen LogP contribution in [0.4, 0.5) is 0 Å². The molecule has 0 spiro atoms. The quantitative estimate of drug-likeness (QED) is 0.589. The van der Waals surface area contributed by atoms with E-state index < -0.39 is 0 Å². The van der Waals surface area contributed by atoms with Gasteiger partial charge in [-0.1, -0.05) is 17.7 Å². The lowest BCUT2D eigenvalue weighted by atomic mass is 10.1. The van der Waals surface area contributed by atoms with Crippen LogP contribution in [0.1, 0.15) is 38.2 Å². The molecule has 0 bridgehead atoms. The topological polar surface area (TPSA) is 77.8 Å². The number of nitrogens with one attached hydrogen (secondary N) is 1. The molecule has 1 aromatic carbocycles. The third kappa shape index (κ3) is 4.86. The second-order valence-corrected chi connectivity index (χ2v) is 7.16. The summed E-state index contributed by atoms with van der Waals surface area (Å²) in [6.07, 6.45) is 4.92. The first kappa shape index (κ1) is 20.7. The van der Waals surface area contributed by atoms with Crippen LogP contribution in [0.5, 0.6) is 11.5 Å². The van der Waals surface area contributed by atoms with Crippen LogP contribution >= 0.6 is 11.6 Å². The molecule has 29 heavy (non-hydrogen) atoms. The van der Waals surface area contributed by atoms with Gasteiger partial charge in [0.1, 0.15) is 0 Å². The number of carbonyl (C=O) groups is 1. The molecule has 152 valence electrons. The van der Waals surface area contributed by atoms with Crippen molar-refractivity contribution >= 4 is 29.2 Å². The van der Waals surface area contributed by atoms with Gasteiger partial charge in [-0.2, -0.15) is 0 Å². The van der Waals surface area contributed by atoms with Crippen LogP contribution in [0.3, 0.4) is 0 Å². The summed E-state index contributed by atoms with van der Waals surface area (Å²) in [6, 6.07) is 8.80. The maximum Gasteiger partial charge on any atom is 0.244 e. The van der Waals surface area contributed by atoms with Crippen molar-refractivity contribution in [3.05, 3.63) is 59.0 Å². The smallest absolute Gasteiger partial charge is 0.244 e. The SMILES string of the molecule is COc1cc(/C=C/C(=O)NC(C)c2nnc3ccccn23)cc(Cl)c1OC(C)C. The molecule has 0 saturated carbocycles. The fourth-order valence-electron chi connectivity index (χ4n) is 2.84. The lowest BCUT2D eigenvalue weighted by Crippen LogP contribution is -2.26. The van der Waals surface area contributed by atoms with Crippen molar-refractivity contribution in [1.82, 2.24) is 19.9 Å². The van der Waals surface area contributed by atoms with E-state index in [1.165, 1.54) is 6.08 Å². The molecule has 3 rings (SSSR count). The van der Waals surface area contributed by atoms with E-state index in [1.807, 2.05) is 49.6 Å². The van der Waals surface area contributed by atoms with Crippen LogP contribution in [0, 0.1) is 0 Å². The molecule has 7 nitrogen and oxygen atoms in total. The minimum absolute atomic E-state index is 0.0386. The van der Waals surface area contributed by atoms with Crippen LogP contribution in [0.2, 0.25) is 5.02 Å². The summed E-state index contributed by atoms with van der Waals surface area (Å²) < 4.78 is 12.9. The molecule has 0 aliphatic heterocycles. The number of rotatable bonds is 7. The van der Waals surface area contributed by atoms with Gasteiger partial charge < -0.3 is 14.8 Å². The third-order valence-corrected chi connectivity index (χ3v) is 4.40. The van der Waals surface area contributed by atoms with E-state index in [0.29, 0.717) is 22.3 Å². The van der Waals surface area contributed by atoms with E-state index in [-0.39, 0.29) is 18.1 Å². The Morgan fingerprint density at radius 1 is 1.24 bits per heavy atom. The van der Waals surface area contributed by atoms with Crippen LogP contribution in [-0.2, 0) is 4.79 Å². The number of halogens is 1. The number of ether oxygens (including phenoxy) is 2. The molecule has 0 radical (unpaired) electrons. The van der Waals surface area contributed by atoms with E-state index in [2.05, 4.69) is 15.5 Å². The second-order valence-electron chi connectivity index (χ2n) is 6.75. The first-order valence-electron chi connectivity index (χ1n) is 9.21. The van der Waals surface area contributed by atoms with Gasteiger partial charge in [0, 0.05) is 12.3 Å². The number of hydrogen-bond acceptors (Lipinski definition) is 5. The van der Waals surface area contributed by atoms with Gasteiger partial charge in [0.2, 0.25) is 5.91 Å². The van der Waals surface area contributed by atoms with Gasteiger partial charge in [0.25, 0.3) is 0 Å². The van der Waals surface area contributed by atoms with Crippen molar-refractivity contribution in [3.63, 3.8) is 0 Å². The maximum absolute atomic E-state index is 12.4. The Balaban J connectivity index is 1.72. The monoisotopic (exact) mass is 414 g/mol. The Hall–Kier alpha value is -3.06. The molecule has 8 heteroatoms. The first-order chi connectivity index (χ1) is 13.9. The van der Waals surface area contributed by atoms with Gasteiger partial charge >= 0.3 is 0 Å². The minimum Gasteiger partial charge on any atom is -0.493 e. The second kappa shape index (κ2) is 8.96. The number of fused-ring (bicyclic) bond motifs is 1. The predicted molar refractivity (Wildman–Crippen MR) is 112 cm³/mol. The average Bonchev–Trinajstić information content (AvgIpc) is 3.12. The van der Waals surface area contributed by atoms with E-state index in [1.54, 1.807) is 25.3 Å². The highest BCUT2D eigenvalue weighted by Crippen LogP contribution is 2.37. The molecule has 1 N–H and O–H groups in total. The van der Waals surface area contributed by atoms with Crippen LogP contribution in [-0.4, -0.2) is 33.7 Å². The summed E-state index contributed by atoms with van der Waals surface area (Å²) in [6.45, 7) is 5.68. The number of nitrogens with zero attached hydrogens (tertiary/aromatic N) is 3.